The summed E-state index contributed by atoms with van der Waals surface area (Å²) in [7, 11) is 0. The highest BCUT2D eigenvalue weighted by atomic mass is 16.4. The molecule has 0 saturated heterocycles. The van der Waals surface area contributed by atoms with Gasteiger partial charge in [-0.05, 0) is 30.2 Å². The average Bonchev–Trinajstić information content (AvgIpc) is 2.16. The van der Waals surface area contributed by atoms with Crippen LogP contribution in [-0.2, 0) is 0 Å². The van der Waals surface area contributed by atoms with Gasteiger partial charge in [0.25, 0.3) is 0 Å². The van der Waals surface area contributed by atoms with E-state index in [-0.39, 0.29) is 0 Å². The van der Waals surface area contributed by atoms with E-state index in [1.54, 1.807) is 24.3 Å². The summed E-state index contributed by atoms with van der Waals surface area (Å²) in [4.78, 5) is 10.7. The summed E-state index contributed by atoms with van der Waals surface area (Å²) in [6.07, 6.45) is 3.63. The minimum absolute atomic E-state index is 0.298. The highest BCUT2D eigenvalue weighted by Gasteiger charge is 2.03. The largest absolute Gasteiger partial charge is 0.478 e. The van der Waals surface area contributed by atoms with Crippen molar-refractivity contribution in [3.05, 3.63) is 41.0 Å². The Kier molecular flexibility index (Phi) is 3.42. The molecule has 0 unspecified atom stereocenters. The van der Waals surface area contributed by atoms with E-state index in [1.165, 1.54) is 0 Å². The summed E-state index contributed by atoms with van der Waals surface area (Å²) in [6, 6.07) is 5.03. The molecule has 0 aromatic heterocycles. The first-order valence-corrected chi connectivity index (χ1v) is 4.35. The van der Waals surface area contributed by atoms with Crippen molar-refractivity contribution in [2.75, 3.05) is 6.54 Å². The molecule has 0 aliphatic heterocycles. The summed E-state index contributed by atoms with van der Waals surface area (Å²) in [5.74, 6) is -0.910. The molecule has 0 saturated carbocycles. The van der Waals surface area contributed by atoms with Crippen molar-refractivity contribution in [2.24, 2.45) is 5.73 Å². The fourth-order valence-electron chi connectivity index (χ4n) is 1.15. The summed E-state index contributed by atoms with van der Waals surface area (Å²) < 4.78 is 0. The molecule has 1 aromatic rings. The number of nitrogens with two attached hydrogens (primary N) is 1. The normalized spacial score (nSPS) is 10.7. The zero-order chi connectivity index (χ0) is 10.6. The van der Waals surface area contributed by atoms with Crippen LogP contribution in [0.2, 0.25) is 0 Å². The van der Waals surface area contributed by atoms with E-state index in [0.717, 1.165) is 11.1 Å². The van der Waals surface area contributed by atoms with Crippen molar-refractivity contribution >= 4 is 12.0 Å². The Morgan fingerprint density at radius 2 is 2.29 bits per heavy atom. The average molecular weight is 191 g/mol. The fraction of sp³-hybridized carbons (Fsp3) is 0.182. The monoisotopic (exact) mass is 191 g/mol. The zero-order valence-corrected chi connectivity index (χ0v) is 8.03. The van der Waals surface area contributed by atoms with Crippen molar-refractivity contribution in [1.29, 1.82) is 0 Å². The van der Waals surface area contributed by atoms with Gasteiger partial charge in [0, 0.05) is 6.54 Å². The predicted molar refractivity (Wildman–Crippen MR) is 56.2 cm³/mol. The standard InChI is InChI=1S/C11H13NO2/c1-8-4-5-10(11(13)14)7-9(8)3-2-6-12/h2-5,7H,6,12H2,1H3,(H,13,14). The van der Waals surface area contributed by atoms with Crippen LogP contribution in [0.3, 0.4) is 0 Å². The van der Waals surface area contributed by atoms with E-state index in [1.807, 2.05) is 13.0 Å². The molecule has 0 spiro atoms. The molecule has 3 nitrogen and oxygen atoms in total. The summed E-state index contributed by atoms with van der Waals surface area (Å²) in [5, 5.41) is 8.78. The van der Waals surface area contributed by atoms with E-state index in [0.29, 0.717) is 12.1 Å². The van der Waals surface area contributed by atoms with Gasteiger partial charge in [-0.2, -0.15) is 0 Å². The Morgan fingerprint density at radius 3 is 2.86 bits per heavy atom. The maximum atomic E-state index is 10.7. The van der Waals surface area contributed by atoms with Crippen LogP contribution in [0.1, 0.15) is 21.5 Å². The number of benzene rings is 1. The summed E-state index contributed by atoms with van der Waals surface area (Å²) in [6.45, 7) is 2.39. The third-order valence-corrected chi connectivity index (χ3v) is 1.96. The highest BCUT2D eigenvalue weighted by Crippen LogP contribution is 2.12. The van der Waals surface area contributed by atoms with E-state index in [4.69, 9.17) is 10.8 Å². The Labute approximate surface area is 82.9 Å². The minimum atomic E-state index is -0.910. The first-order chi connectivity index (χ1) is 6.65. The van der Waals surface area contributed by atoms with Gasteiger partial charge < -0.3 is 10.8 Å². The molecular formula is C11H13NO2. The highest BCUT2D eigenvalue weighted by molar-refractivity contribution is 5.88. The second-order valence-electron chi connectivity index (χ2n) is 3.01. The molecule has 74 valence electrons. The quantitative estimate of drug-likeness (QED) is 0.763. The smallest absolute Gasteiger partial charge is 0.335 e. The number of hydrogen-bond acceptors (Lipinski definition) is 2. The van der Waals surface area contributed by atoms with Gasteiger partial charge in [-0.1, -0.05) is 18.2 Å². The van der Waals surface area contributed by atoms with Gasteiger partial charge in [0.1, 0.15) is 0 Å². The molecule has 0 bridgehead atoms. The van der Waals surface area contributed by atoms with Gasteiger partial charge >= 0.3 is 5.97 Å². The van der Waals surface area contributed by atoms with Crippen molar-refractivity contribution in [3.63, 3.8) is 0 Å². The SMILES string of the molecule is Cc1ccc(C(=O)O)cc1C=CCN. The number of carboxylic acid groups (broad SMARTS) is 1. The molecule has 3 N–H and O–H groups in total. The van der Waals surface area contributed by atoms with Gasteiger partial charge in [-0.15, -0.1) is 0 Å². The molecule has 0 amide bonds. The van der Waals surface area contributed by atoms with Gasteiger partial charge in [-0.3, -0.25) is 0 Å². The van der Waals surface area contributed by atoms with Crippen molar-refractivity contribution < 1.29 is 9.90 Å². The minimum Gasteiger partial charge on any atom is -0.478 e. The molecule has 0 aliphatic carbocycles. The maximum absolute atomic E-state index is 10.7. The van der Waals surface area contributed by atoms with Crippen LogP contribution in [0.5, 0.6) is 0 Å². The first-order valence-electron chi connectivity index (χ1n) is 4.35. The lowest BCUT2D eigenvalue weighted by atomic mass is 10.0. The second-order valence-corrected chi connectivity index (χ2v) is 3.01. The number of rotatable bonds is 3. The molecule has 0 heterocycles. The Morgan fingerprint density at radius 1 is 1.57 bits per heavy atom. The van der Waals surface area contributed by atoms with Gasteiger partial charge in [-0.25, -0.2) is 4.79 Å². The van der Waals surface area contributed by atoms with Crippen LogP contribution >= 0.6 is 0 Å². The topological polar surface area (TPSA) is 63.3 Å². The molecule has 1 rings (SSSR count). The molecular weight excluding hydrogens is 178 g/mol. The predicted octanol–water partition coefficient (Wildman–Crippen LogP) is 1.67. The molecule has 0 aliphatic rings. The lowest BCUT2D eigenvalue weighted by Crippen LogP contribution is -1.97. The van der Waals surface area contributed by atoms with Crippen molar-refractivity contribution in [1.82, 2.24) is 0 Å². The Balaban J connectivity index is 3.08. The maximum Gasteiger partial charge on any atom is 0.335 e. The zero-order valence-electron chi connectivity index (χ0n) is 8.03. The Bertz CT molecular complexity index is 370. The van der Waals surface area contributed by atoms with Crippen molar-refractivity contribution in [2.45, 2.75) is 6.92 Å². The summed E-state index contributed by atoms with van der Waals surface area (Å²) >= 11 is 0. The van der Waals surface area contributed by atoms with E-state index >= 15 is 0 Å². The molecule has 0 fully saturated rings. The molecule has 1 aromatic carbocycles. The van der Waals surface area contributed by atoms with Crippen LogP contribution < -0.4 is 5.73 Å². The number of hydrogen-bond donors (Lipinski definition) is 2. The van der Waals surface area contributed by atoms with E-state index in [9.17, 15) is 4.79 Å². The van der Waals surface area contributed by atoms with Gasteiger partial charge in [0.2, 0.25) is 0 Å². The molecule has 14 heavy (non-hydrogen) atoms. The van der Waals surface area contributed by atoms with Crippen LogP contribution in [0.25, 0.3) is 6.08 Å². The molecule has 0 radical (unpaired) electrons. The van der Waals surface area contributed by atoms with Gasteiger partial charge in [0.15, 0.2) is 0 Å². The van der Waals surface area contributed by atoms with Gasteiger partial charge in [0.05, 0.1) is 5.56 Å². The number of carbonyl (C=O) groups is 1. The second kappa shape index (κ2) is 4.58. The van der Waals surface area contributed by atoms with Crippen LogP contribution in [0.4, 0.5) is 0 Å². The van der Waals surface area contributed by atoms with Crippen LogP contribution in [0, 0.1) is 6.92 Å². The number of carboxylic acids is 1. The van der Waals surface area contributed by atoms with Crippen LogP contribution in [0.15, 0.2) is 24.3 Å². The third-order valence-electron chi connectivity index (χ3n) is 1.96. The first kappa shape index (κ1) is 10.5. The lowest BCUT2D eigenvalue weighted by molar-refractivity contribution is 0.0697. The Hall–Kier alpha value is -1.61. The summed E-state index contributed by atoms with van der Waals surface area (Å²) in [5.41, 5.74) is 7.56. The lowest BCUT2D eigenvalue weighted by Gasteiger charge is -2.01. The fourth-order valence-corrected chi connectivity index (χ4v) is 1.15. The number of aromatic carboxylic acids is 1. The van der Waals surface area contributed by atoms with Crippen molar-refractivity contribution in [3.8, 4) is 0 Å². The van der Waals surface area contributed by atoms with Crippen LogP contribution in [-0.4, -0.2) is 17.6 Å². The number of aryl methyl sites for hydroxylation is 1. The van der Waals surface area contributed by atoms with E-state index in [2.05, 4.69) is 0 Å². The molecule has 0 atom stereocenters. The molecule has 3 heteroatoms. The van der Waals surface area contributed by atoms with E-state index < -0.39 is 5.97 Å². The third kappa shape index (κ3) is 2.44.